The van der Waals surface area contributed by atoms with Crippen LogP contribution in [-0.4, -0.2) is 6.54 Å². The summed E-state index contributed by atoms with van der Waals surface area (Å²) in [6.45, 7) is 7.20. The molecule has 0 saturated carbocycles. The van der Waals surface area contributed by atoms with E-state index in [1.165, 1.54) is 28.8 Å². The summed E-state index contributed by atoms with van der Waals surface area (Å²) in [7, 11) is 0. The van der Waals surface area contributed by atoms with Crippen molar-refractivity contribution in [1.29, 1.82) is 0 Å². The molecule has 2 aromatic carbocycles. The number of hydrogen-bond acceptors (Lipinski definition) is 1. The van der Waals surface area contributed by atoms with E-state index in [0.29, 0.717) is 0 Å². The summed E-state index contributed by atoms with van der Waals surface area (Å²) < 4.78 is 13.1. The highest BCUT2D eigenvalue weighted by molar-refractivity contribution is 5.41. The first-order valence-corrected chi connectivity index (χ1v) is 6.68. The summed E-state index contributed by atoms with van der Waals surface area (Å²) in [6.07, 6.45) is 0. The highest BCUT2D eigenvalue weighted by Gasteiger charge is 2.17. The molecule has 1 atom stereocenters. The van der Waals surface area contributed by atoms with Crippen LogP contribution < -0.4 is 5.32 Å². The minimum atomic E-state index is -0.194. The lowest BCUT2D eigenvalue weighted by atomic mass is 9.91. The summed E-state index contributed by atoms with van der Waals surface area (Å²) in [5.41, 5.74) is 4.90. The highest BCUT2D eigenvalue weighted by Crippen LogP contribution is 2.27. The van der Waals surface area contributed by atoms with Crippen LogP contribution in [0.15, 0.2) is 42.5 Å². The van der Waals surface area contributed by atoms with Gasteiger partial charge in [0, 0.05) is 0 Å². The molecule has 0 fully saturated rings. The number of rotatable bonds is 4. The van der Waals surface area contributed by atoms with Crippen molar-refractivity contribution in [3.8, 4) is 0 Å². The summed E-state index contributed by atoms with van der Waals surface area (Å²) in [5.74, 6) is -0.194. The Bertz CT molecular complexity index is 525. The Morgan fingerprint density at radius 1 is 1.00 bits per heavy atom. The molecule has 0 aliphatic rings. The van der Waals surface area contributed by atoms with Crippen molar-refractivity contribution in [2.24, 2.45) is 0 Å². The van der Waals surface area contributed by atoms with E-state index >= 15 is 0 Å². The Morgan fingerprint density at radius 2 is 1.58 bits per heavy atom. The second-order valence-electron chi connectivity index (χ2n) is 4.85. The molecule has 0 aliphatic carbocycles. The van der Waals surface area contributed by atoms with Gasteiger partial charge in [0.15, 0.2) is 0 Å². The third-order valence-electron chi connectivity index (χ3n) is 3.44. The topological polar surface area (TPSA) is 12.0 Å². The minimum absolute atomic E-state index is 0.117. The molecule has 0 spiro atoms. The molecule has 2 rings (SSSR count). The van der Waals surface area contributed by atoms with E-state index in [1.54, 1.807) is 0 Å². The Hall–Kier alpha value is -1.67. The predicted molar refractivity (Wildman–Crippen MR) is 77.8 cm³/mol. The van der Waals surface area contributed by atoms with Crippen molar-refractivity contribution < 1.29 is 4.39 Å². The fourth-order valence-corrected chi connectivity index (χ4v) is 2.53. The maximum atomic E-state index is 13.1. The Morgan fingerprint density at radius 3 is 2.11 bits per heavy atom. The molecule has 2 aromatic rings. The molecule has 0 aliphatic heterocycles. The summed E-state index contributed by atoms with van der Waals surface area (Å²) in [5, 5.41) is 3.49. The Labute approximate surface area is 114 Å². The van der Waals surface area contributed by atoms with E-state index in [0.717, 1.165) is 12.1 Å². The van der Waals surface area contributed by atoms with Crippen molar-refractivity contribution in [1.82, 2.24) is 5.32 Å². The molecule has 1 nitrogen and oxygen atoms in total. The lowest BCUT2D eigenvalue weighted by Crippen LogP contribution is -2.23. The smallest absolute Gasteiger partial charge is 0.123 e. The number of halogens is 1. The van der Waals surface area contributed by atoms with Gasteiger partial charge in [0.2, 0.25) is 0 Å². The van der Waals surface area contributed by atoms with E-state index < -0.39 is 0 Å². The van der Waals surface area contributed by atoms with Crippen LogP contribution in [0.3, 0.4) is 0 Å². The summed E-state index contributed by atoms with van der Waals surface area (Å²) in [4.78, 5) is 0. The van der Waals surface area contributed by atoms with Crippen molar-refractivity contribution in [2.75, 3.05) is 6.54 Å². The summed E-state index contributed by atoms with van der Waals surface area (Å²) in [6, 6.07) is 13.2. The van der Waals surface area contributed by atoms with E-state index in [9.17, 15) is 4.39 Å². The molecule has 2 heteroatoms. The van der Waals surface area contributed by atoms with Gasteiger partial charge in [-0.15, -0.1) is 0 Å². The van der Waals surface area contributed by atoms with E-state index in [2.05, 4.69) is 44.3 Å². The SMILES string of the molecule is CCNC(c1ccc(F)cc1)c1c(C)cccc1C. The third-order valence-corrected chi connectivity index (χ3v) is 3.44. The quantitative estimate of drug-likeness (QED) is 0.868. The van der Waals surface area contributed by atoms with Gasteiger partial charge in [-0.25, -0.2) is 4.39 Å². The highest BCUT2D eigenvalue weighted by atomic mass is 19.1. The maximum absolute atomic E-state index is 13.1. The van der Waals surface area contributed by atoms with Crippen molar-refractivity contribution in [3.05, 3.63) is 70.5 Å². The average molecular weight is 257 g/mol. The zero-order valence-corrected chi connectivity index (χ0v) is 11.7. The monoisotopic (exact) mass is 257 g/mol. The van der Waals surface area contributed by atoms with Gasteiger partial charge in [-0.1, -0.05) is 37.3 Å². The molecule has 1 unspecified atom stereocenters. The fraction of sp³-hybridized carbons (Fsp3) is 0.294. The van der Waals surface area contributed by atoms with Gasteiger partial charge in [-0.3, -0.25) is 0 Å². The second-order valence-corrected chi connectivity index (χ2v) is 4.85. The van der Waals surface area contributed by atoms with Gasteiger partial charge >= 0.3 is 0 Å². The Balaban J connectivity index is 2.48. The number of nitrogens with one attached hydrogen (secondary N) is 1. The van der Waals surface area contributed by atoms with Crippen LogP contribution in [0, 0.1) is 19.7 Å². The van der Waals surface area contributed by atoms with Crippen molar-refractivity contribution in [3.63, 3.8) is 0 Å². The second kappa shape index (κ2) is 5.98. The molecule has 100 valence electrons. The number of hydrogen-bond donors (Lipinski definition) is 1. The van der Waals surface area contributed by atoms with Gasteiger partial charge in [-0.05, 0) is 54.8 Å². The predicted octanol–water partition coefficient (Wildman–Crippen LogP) is 4.14. The lowest BCUT2D eigenvalue weighted by molar-refractivity contribution is 0.611. The van der Waals surface area contributed by atoms with Gasteiger partial charge in [-0.2, -0.15) is 0 Å². The molecule has 0 aromatic heterocycles. The maximum Gasteiger partial charge on any atom is 0.123 e. The molecular formula is C17H20FN. The van der Waals surface area contributed by atoms with Crippen molar-refractivity contribution in [2.45, 2.75) is 26.8 Å². The normalized spacial score (nSPS) is 12.4. The molecule has 19 heavy (non-hydrogen) atoms. The largest absolute Gasteiger partial charge is 0.307 e. The fourth-order valence-electron chi connectivity index (χ4n) is 2.53. The zero-order chi connectivity index (χ0) is 13.8. The van der Waals surface area contributed by atoms with Crippen LogP contribution >= 0.6 is 0 Å². The molecule has 0 radical (unpaired) electrons. The molecule has 0 heterocycles. The van der Waals surface area contributed by atoms with E-state index in [1.807, 2.05) is 12.1 Å². The molecular weight excluding hydrogens is 237 g/mol. The molecule has 1 N–H and O–H groups in total. The van der Waals surface area contributed by atoms with Gasteiger partial charge in [0.25, 0.3) is 0 Å². The first kappa shape index (κ1) is 13.8. The van der Waals surface area contributed by atoms with Gasteiger partial charge < -0.3 is 5.32 Å². The third kappa shape index (κ3) is 3.02. The lowest BCUT2D eigenvalue weighted by Gasteiger charge is -2.23. The Kier molecular flexibility index (Phi) is 4.33. The van der Waals surface area contributed by atoms with Crippen LogP contribution in [0.2, 0.25) is 0 Å². The molecule has 0 bridgehead atoms. The van der Waals surface area contributed by atoms with Crippen LogP contribution in [0.4, 0.5) is 4.39 Å². The minimum Gasteiger partial charge on any atom is -0.307 e. The van der Waals surface area contributed by atoms with Crippen LogP contribution in [0.25, 0.3) is 0 Å². The summed E-state index contributed by atoms with van der Waals surface area (Å²) >= 11 is 0. The van der Waals surface area contributed by atoms with Gasteiger partial charge in [0.1, 0.15) is 5.82 Å². The number of aryl methyl sites for hydroxylation is 2. The first-order chi connectivity index (χ1) is 9.13. The first-order valence-electron chi connectivity index (χ1n) is 6.68. The van der Waals surface area contributed by atoms with E-state index in [-0.39, 0.29) is 11.9 Å². The standard InChI is InChI=1S/C17H20FN/c1-4-19-17(14-8-10-15(18)11-9-14)16-12(2)6-5-7-13(16)3/h5-11,17,19H,4H2,1-3H3. The van der Waals surface area contributed by atoms with Crippen LogP contribution in [-0.2, 0) is 0 Å². The molecule has 0 saturated heterocycles. The van der Waals surface area contributed by atoms with Gasteiger partial charge in [0.05, 0.1) is 6.04 Å². The average Bonchev–Trinajstić information content (AvgIpc) is 2.38. The zero-order valence-electron chi connectivity index (χ0n) is 11.7. The van der Waals surface area contributed by atoms with Crippen molar-refractivity contribution >= 4 is 0 Å². The number of benzene rings is 2. The van der Waals surface area contributed by atoms with Crippen LogP contribution in [0.1, 0.15) is 35.2 Å². The molecule has 0 amide bonds. The van der Waals surface area contributed by atoms with E-state index in [4.69, 9.17) is 0 Å². The van der Waals surface area contributed by atoms with Crippen LogP contribution in [0.5, 0.6) is 0 Å².